The molecule has 2 fully saturated rings. The molecule has 0 radical (unpaired) electrons. The Bertz CT molecular complexity index is 3730. The molecule has 9 rings (SSSR count). The van der Waals surface area contributed by atoms with Crippen molar-refractivity contribution in [1.29, 1.82) is 0 Å². The molecule has 4 heterocycles. The first-order chi connectivity index (χ1) is 47.6. The summed E-state index contributed by atoms with van der Waals surface area (Å²) in [5.41, 5.74) is 8.19. The van der Waals surface area contributed by atoms with Gasteiger partial charge in [0.2, 0.25) is 17.6 Å². The fraction of sp³-hybridized carbons (Fsp3) is 0.486. The van der Waals surface area contributed by atoms with Gasteiger partial charge in [-0.05, 0) is 154 Å². The summed E-state index contributed by atoms with van der Waals surface area (Å²) in [6.45, 7) is 14.0. The molecule has 4 atom stereocenters. The molecule has 0 unspecified atom stereocenters. The molecule has 528 valence electrons. The number of imidazole rings is 1. The van der Waals surface area contributed by atoms with E-state index in [0.29, 0.717) is 101 Å². The van der Waals surface area contributed by atoms with E-state index in [2.05, 4.69) is 50.4 Å². The number of aryl methyl sites for hydroxylation is 5. The Labute approximate surface area is 578 Å². The first kappa shape index (κ1) is 73.6. The number of rotatable bonds is 37. The van der Waals surface area contributed by atoms with E-state index in [-0.39, 0.29) is 76.9 Å². The number of amides is 3. The number of benzene rings is 5. The van der Waals surface area contributed by atoms with Crippen molar-refractivity contribution in [3.63, 3.8) is 0 Å². The number of piperidine rings is 1. The smallest absolute Gasteiger partial charge is 0.329 e. The number of carbonyl (C=O) groups is 4. The zero-order valence-electron chi connectivity index (χ0n) is 57.9. The maximum Gasteiger partial charge on any atom is 0.329 e. The SMILES string of the molecule is CC[C@H](C(=O)N1CCCC[C@H]1C(=O)O[C@H](CCc1ccc(OC)c(OC)c1)c1cccc(OCC(=O)NCCOCCOCCC(=O)NCCOc2ccc(CCc3nc4cc(-c5c(C)noc5C)ccc4n3C[C@H](C)N3CCOCC3)cc2Cl)c1)c1cc(OC)c(OC)c(OC)c1. The average Bonchev–Trinajstić information content (AvgIpc) is 1.50. The number of aromatic nitrogens is 3. The van der Waals surface area contributed by atoms with Crippen LogP contribution >= 0.6 is 11.6 Å². The minimum Gasteiger partial charge on any atom is -0.493 e. The second kappa shape index (κ2) is 36.8. The number of nitrogens with one attached hydrogen (secondary N) is 2. The number of nitrogens with zero attached hydrogens (tertiary/aromatic N) is 5. The molecule has 7 aromatic rings. The summed E-state index contributed by atoms with van der Waals surface area (Å²) in [4.78, 5) is 64.0. The number of hydrogen-bond donors (Lipinski definition) is 2. The number of morpholine rings is 1. The topological polar surface area (TPSA) is 244 Å². The summed E-state index contributed by atoms with van der Waals surface area (Å²) in [6.07, 6.45) is 4.07. The summed E-state index contributed by atoms with van der Waals surface area (Å²) in [6, 6.07) is 28.0. The highest BCUT2D eigenvalue weighted by atomic mass is 35.5. The Balaban J connectivity index is 0.679. The van der Waals surface area contributed by atoms with Crippen molar-refractivity contribution in [3.8, 4) is 51.4 Å². The fourth-order valence-electron chi connectivity index (χ4n) is 12.6. The van der Waals surface area contributed by atoms with Gasteiger partial charge in [0.05, 0.1) is 109 Å². The maximum atomic E-state index is 14.6. The van der Waals surface area contributed by atoms with Gasteiger partial charge in [0.15, 0.2) is 29.6 Å². The van der Waals surface area contributed by atoms with Gasteiger partial charge in [0.1, 0.15) is 41.8 Å². The van der Waals surface area contributed by atoms with E-state index in [4.69, 9.17) is 73.2 Å². The highest BCUT2D eigenvalue weighted by Crippen LogP contribution is 2.42. The summed E-state index contributed by atoms with van der Waals surface area (Å²) in [7, 11) is 7.73. The Morgan fingerprint density at radius 2 is 1.41 bits per heavy atom. The first-order valence-corrected chi connectivity index (χ1v) is 34.1. The minimum atomic E-state index is -0.826. The second-order valence-corrected chi connectivity index (χ2v) is 24.7. The third-order valence-electron chi connectivity index (χ3n) is 17.8. The van der Waals surface area contributed by atoms with Crippen LogP contribution in [0.4, 0.5) is 0 Å². The zero-order chi connectivity index (χ0) is 69.5. The van der Waals surface area contributed by atoms with Gasteiger partial charge in [-0.1, -0.05) is 54.0 Å². The highest BCUT2D eigenvalue weighted by Gasteiger charge is 2.38. The van der Waals surface area contributed by atoms with Crippen LogP contribution in [-0.4, -0.2) is 181 Å². The van der Waals surface area contributed by atoms with E-state index in [1.54, 1.807) is 49.5 Å². The Morgan fingerprint density at radius 1 is 0.694 bits per heavy atom. The van der Waals surface area contributed by atoms with Crippen molar-refractivity contribution in [2.24, 2.45) is 0 Å². The van der Waals surface area contributed by atoms with Crippen LogP contribution in [0.15, 0.2) is 95.5 Å². The third-order valence-corrected chi connectivity index (χ3v) is 18.1. The summed E-state index contributed by atoms with van der Waals surface area (Å²) >= 11 is 6.75. The van der Waals surface area contributed by atoms with E-state index in [1.165, 1.54) is 21.3 Å². The van der Waals surface area contributed by atoms with Gasteiger partial charge < -0.3 is 76.7 Å². The maximum absolute atomic E-state index is 14.6. The van der Waals surface area contributed by atoms with Crippen LogP contribution in [0.3, 0.4) is 0 Å². The van der Waals surface area contributed by atoms with Gasteiger partial charge >= 0.3 is 5.97 Å². The molecule has 0 aliphatic carbocycles. The lowest BCUT2D eigenvalue weighted by atomic mass is 9.91. The van der Waals surface area contributed by atoms with Crippen molar-refractivity contribution in [2.45, 2.75) is 116 Å². The summed E-state index contributed by atoms with van der Waals surface area (Å²) < 4.78 is 71.0. The van der Waals surface area contributed by atoms with Crippen molar-refractivity contribution < 1.29 is 75.8 Å². The molecule has 5 aromatic carbocycles. The zero-order valence-corrected chi connectivity index (χ0v) is 58.6. The first-order valence-electron chi connectivity index (χ1n) is 33.7. The number of carbonyl (C=O) groups excluding carboxylic acids is 4. The van der Waals surface area contributed by atoms with Crippen LogP contribution in [0, 0.1) is 13.8 Å². The molecular weight excluding hydrogens is 1280 g/mol. The monoisotopic (exact) mass is 1370 g/mol. The molecule has 24 heteroatoms. The number of likely N-dealkylation sites (tertiary alicyclic amines) is 1. The Kier molecular flexibility index (Phi) is 27.7. The molecule has 2 N–H and O–H groups in total. The largest absolute Gasteiger partial charge is 0.493 e. The van der Waals surface area contributed by atoms with Crippen LogP contribution in [0.25, 0.3) is 22.2 Å². The molecule has 3 amide bonds. The minimum absolute atomic E-state index is 0.156. The highest BCUT2D eigenvalue weighted by molar-refractivity contribution is 6.32. The molecule has 0 bridgehead atoms. The van der Waals surface area contributed by atoms with Gasteiger partial charge in [0.25, 0.3) is 5.91 Å². The second-order valence-electron chi connectivity index (χ2n) is 24.3. The molecule has 23 nitrogen and oxygen atoms in total. The van der Waals surface area contributed by atoms with Crippen molar-refractivity contribution >= 4 is 46.3 Å². The van der Waals surface area contributed by atoms with E-state index in [0.717, 1.165) is 103 Å². The quantitative estimate of drug-likeness (QED) is 0.0272. The lowest BCUT2D eigenvalue weighted by molar-refractivity contribution is -0.162. The van der Waals surface area contributed by atoms with Crippen LogP contribution in [0.1, 0.15) is 104 Å². The van der Waals surface area contributed by atoms with Crippen LogP contribution < -0.4 is 43.8 Å². The molecule has 98 heavy (non-hydrogen) atoms. The van der Waals surface area contributed by atoms with Gasteiger partial charge in [-0.25, -0.2) is 9.78 Å². The predicted octanol–water partition coefficient (Wildman–Crippen LogP) is 10.4. The molecular formula is C74H94ClN7O16. The Hall–Kier alpha value is -8.61. The van der Waals surface area contributed by atoms with Gasteiger partial charge in [0, 0.05) is 57.2 Å². The lowest BCUT2D eigenvalue weighted by Gasteiger charge is -2.37. The van der Waals surface area contributed by atoms with Crippen molar-refractivity contribution in [2.75, 3.05) is 121 Å². The number of ether oxygens (including phenoxy) is 11. The summed E-state index contributed by atoms with van der Waals surface area (Å²) in [5.74, 6) is 3.28. The van der Waals surface area contributed by atoms with Crippen LogP contribution in [-0.2, 0) is 63.9 Å². The predicted molar refractivity (Wildman–Crippen MR) is 370 cm³/mol. The van der Waals surface area contributed by atoms with Gasteiger partial charge in [-0.15, -0.1) is 0 Å². The number of methoxy groups -OCH3 is 5. The summed E-state index contributed by atoms with van der Waals surface area (Å²) in [5, 5.41) is 10.3. The van der Waals surface area contributed by atoms with E-state index in [9.17, 15) is 19.2 Å². The number of fused-ring (bicyclic) bond motifs is 1. The van der Waals surface area contributed by atoms with Crippen LogP contribution in [0.5, 0.6) is 40.2 Å². The van der Waals surface area contributed by atoms with Crippen molar-refractivity contribution in [1.82, 2.24) is 35.1 Å². The lowest BCUT2D eigenvalue weighted by Crippen LogP contribution is -2.50. The van der Waals surface area contributed by atoms with E-state index in [1.807, 2.05) is 63.2 Å². The molecule has 2 aliphatic rings. The van der Waals surface area contributed by atoms with E-state index < -0.39 is 24.0 Å². The molecule has 2 aromatic heterocycles. The molecule has 0 spiro atoms. The number of hydrogen-bond acceptors (Lipinski definition) is 19. The standard InChI is InChI=1S/C74H94ClN7O16/c1-10-57(55-44-66(89-7)72(91-9)67(45-55)90-8)73(85)81-30-12-11-16-61(81)74(86)97-62(23-17-52-19-25-64(87-5)65(41-52)88-6)53-14-13-15-56(42-53)96-47-70(84)77-28-34-93-39-38-92-33-27-69(83)76-29-35-95-63-24-18-51(40-58(63)75)20-26-68-78-59-43-54(71-49(3)79-98-50(71)4)21-22-60(59)82(68)46-48(2)80-31-36-94-37-32-80/h13-15,18-19,21-22,24-25,40-45,48,57,61-62H,10-12,16-17,20,23,26-39,46-47H2,1-9H3,(H,76,83)(H,77,84)/t48-,57-,61-,62+/m0/s1. The fourth-order valence-corrected chi connectivity index (χ4v) is 12.9. The van der Waals surface area contributed by atoms with Gasteiger partial charge in [-0.2, -0.15) is 0 Å². The van der Waals surface area contributed by atoms with Gasteiger partial charge in [-0.3, -0.25) is 19.3 Å². The number of esters is 1. The van der Waals surface area contributed by atoms with Crippen LogP contribution in [0.2, 0.25) is 5.02 Å². The van der Waals surface area contributed by atoms with E-state index >= 15 is 0 Å². The molecule has 2 saturated heterocycles. The normalized spacial score (nSPS) is 15.0. The van der Waals surface area contributed by atoms with Crippen molar-refractivity contribution in [3.05, 3.63) is 136 Å². The number of halogens is 1. The Morgan fingerprint density at radius 3 is 2.11 bits per heavy atom. The molecule has 2 aliphatic heterocycles. The third kappa shape index (κ3) is 19.6. The molecule has 0 saturated carbocycles. The average molecular weight is 1370 g/mol.